The van der Waals surface area contributed by atoms with Crippen LogP contribution in [0, 0.1) is 13.8 Å². The number of hydrogen-bond donors (Lipinski definition) is 0. The van der Waals surface area contributed by atoms with Crippen molar-refractivity contribution in [1.29, 1.82) is 0 Å². The molecule has 0 amide bonds. The highest BCUT2D eigenvalue weighted by molar-refractivity contribution is 6.29. The van der Waals surface area contributed by atoms with Crippen molar-refractivity contribution in [3.63, 3.8) is 0 Å². The number of hydrogen-bond acceptors (Lipinski definition) is 3. The zero-order valence-corrected chi connectivity index (χ0v) is 9.53. The van der Waals surface area contributed by atoms with Gasteiger partial charge in [0.05, 0.1) is 11.1 Å². The highest BCUT2D eigenvalue weighted by Gasteiger charge is 2.34. The zero-order valence-electron chi connectivity index (χ0n) is 9.53. The van der Waals surface area contributed by atoms with E-state index >= 15 is 0 Å². The van der Waals surface area contributed by atoms with Crippen LogP contribution in [0.4, 0.5) is 0 Å². The molecule has 0 unspecified atom stereocenters. The molecular formula is C14H10O3. The van der Waals surface area contributed by atoms with E-state index in [0.717, 1.165) is 0 Å². The number of aryl methyl sites for hydroxylation is 2. The van der Waals surface area contributed by atoms with Gasteiger partial charge in [-0.25, -0.2) is 0 Å². The van der Waals surface area contributed by atoms with E-state index in [1.54, 1.807) is 38.1 Å². The van der Waals surface area contributed by atoms with E-state index in [2.05, 4.69) is 0 Å². The average Bonchev–Trinajstić information content (AvgIpc) is 2.62. The van der Waals surface area contributed by atoms with E-state index in [9.17, 15) is 9.59 Å². The summed E-state index contributed by atoms with van der Waals surface area (Å²) in [7, 11) is 0. The summed E-state index contributed by atoms with van der Waals surface area (Å²) in [5.74, 6) is 0.796. The van der Waals surface area contributed by atoms with Crippen LogP contribution >= 0.6 is 0 Å². The first-order chi connectivity index (χ1) is 8.11. The van der Waals surface area contributed by atoms with Crippen molar-refractivity contribution in [3.8, 4) is 0 Å². The first-order valence-corrected chi connectivity index (χ1v) is 5.39. The van der Waals surface area contributed by atoms with Crippen LogP contribution in [0.15, 0.2) is 28.7 Å². The molecule has 1 heterocycles. The van der Waals surface area contributed by atoms with Gasteiger partial charge in [0.2, 0.25) is 0 Å². The molecule has 1 aromatic carbocycles. The summed E-state index contributed by atoms with van der Waals surface area (Å²) in [5, 5.41) is 0. The minimum Gasteiger partial charge on any atom is -0.465 e. The van der Waals surface area contributed by atoms with Gasteiger partial charge in [-0.15, -0.1) is 0 Å². The summed E-state index contributed by atoms with van der Waals surface area (Å²) in [6.07, 6.45) is 0. The van der Waals surface area contributed by atoms with Crippen LogP contribution in [-0.4, -0.2) is 11.6 Å². The van der Waals surface area contributed by atoms with E-state index in [1.165, 1.54) is 0 Å². The Morgan fingerprint density at radius 2 is 1.24 bits per heavy atom. The van der Waals surface area contributed by atoms with Gasteiger partial charge < -0.3 is 4.42 Å². The summed E-state index contributed by atoms with van der Waals surface area (Å²) in [6, 6.07) is 6.88. The van der Waals surface area contributed by atoms with Gasteiger partial charge in [0.15, 0.2) is 11.6 Å². The lowest BCUT2D eigenvalue weighted by molar-refractivity contribution is 0.0979. The molecule has 0 N–H and O–H groups in total. The Morgan fingerprint density at radius 3 is 1.65 bits per heavy atom. The second-order valence-electron chi connectivity index (χ2n) is 4.17. The smallest absolute Gasteiger partial charge is 0.198 e. The summed E-state index contributed by atoms with van der Waals surface area (Å²) in [4.78, 5) is 24.6. The summed E-state index contributed by atoms with van der Waals surface area (Å²) in [6.45, 7) is 3.43. The molecule has 84 valence electrons. The lowest BCUT2D eigenvalue weighted by Crippen LogP contribution is -2.20. The van der Waals surface area contributed by atoms with E-state index in [1.807, 2.05) is 0 Å². The molecule has 0 fully saturated rings. The third-order valence-electron chi connectivity index (χ3n) is 3.13. The van der Waals surface area contributed by atoms with Crippen molar-refractivity contribution in [2.75, 3.05) is 0 Å². The third-order valence-corrected chi connectivity index (χ3v) is 3.13. The second-order valence-corrected chi connectivity index (χ2v) is 4.17. The van der Waals surface area contributed by atoms with E-state index in [0.29, 0.717) is 33.8 Å². The largest absolute Gasteiger partial charge is 0.465 e. The summed E-state index contributed by atoms with van der Waals surface area (Å²) in [5.41, 5.74) is 1.78. The van der Waals surface area contributed by atoms with Crippen molar-refractivity contribution in [2.45, 2.75) is 13.8 Å². The Hall–Kier alpha value is -2.16. The fourth-order valence-electron chi connectivity index (χ4n) is 2.38. The van der Waals surface area contributed by atoms with Gasteiger partial charge in [0, 0.05) is 11.1 Å². The number of furan rings is 1. The molecule has 0 atom stereocenters. The van der Waals surface area contributed by atoms with E-state index in [-0.39, 0.29) is 11.6 Å². The van der Waals surface area contributed by atoms with Gasteiger partial charge in [-0.3, -0.25) is 9.59 Å². The quantitative estimate of drug-likeness (QED) is 0.592. The number of carbonyl (C=O) groups is 2. The predicted molar refractivity (Wildman–Crippen MR) is 61.5 cm³/mol. The van der Waals surface area contributed by atoms with Crippen LogP contribution in [0.5, 0.6) is 0 Å². The number of rotatable bonds is 0. The first kappa shape index (κ1) is 10.0. The second kappa shape index (κ2) is 3.17. The van der Waals surface area contributed by atoms with E-state index in [4.69, 9.17) is 4.42 Å². The van der Waals surface area contributed by atoms with Gasteiger partial charge in [0.25, 0.3) is 0 Å². The number of ketones is 2. The molecule has 1 aliphatic carbocycles. The predicted octanol–water partition coefficient (Wildman–Crippen LogP) is 2.67. The number of carbonyl (C=O) groups excluding carboxylic acids is 2. The van der Waals surface area contributed by atoms with Crippen LogP contribution in [-0.2, 0) is 0 Å². The molecule has 0 saturated heterocycles. The van der Waals surface area contributed by atoms with Crippen molar-refractivity contribution in [1.82, 2.24) is 0 Å². The SMILES string of the molecule is Cc1oc(C)c2c1C(=O)c1ccccc1C2=O. The molecule has 0 saturated carbocycles. The average molecular weight is 226 g/mol. The van der Waals surface area contributed by atoms with Crippen molar-refractivity contribution in [2.24, 2.45) is 0 Å². The Kier molecular flexibility index (Phi) is 1.87. The molecule has 3 nitrogen and oxygen atoms in total. The maximum Gasteiger partial charge on any atom is 0.198 e. The van der Waals surface area contributed by atoms with Crippen molar-refractivity contribution < 1.29 is 14.0 Å². The Bertz CT molecular complexity index is 607. The molecule has 1 aromatic heterocycles. The van der Waals surface area contributed by atoms with E-state index < -0.39 is 0 Å². The van der Waals surface area contributed by atoms with Crippen LogP contribution < -0.4 is 0 Å². The molecule has 2 aromatic rings. The lowest BCUT2D eigenvalue weighted by atomic mass is 9.84. The minimum absolute atomic E-state index is 0.121. The number of fused-ring (bicyclic) bond motifs is 2. The van der Waals surface area contributed by atoms with Crippen LogP contribution in [0.3, 0.4) is 0 Å². The topological polar surface area (TPSA) is 47.3 Å². The number of benzene rings is 1. The molecule has 0 spiro atoms. The monoisotopic (exact) mass is 226 g/mol. The third kappa shape index (κ3) is 1.16. The lowest BCUT2D eigenvalue weighted by Gasteiger charge is -2.13. The summed E-state index contributed by atoms with van der Waals surface area (Å²) >= 11 is 0. The Morgan fingerprint density at radius 1 is 0.824 bits per heavy atom. The Labute approximate surface area is 98.1 Å². The van der Waals surface area contributed by atoms with Gasteiger partial charge >= 0.3 is 0 Å². The standard InChI is InChI=1S/C14H10O3/c1-7-11-12(8(2)17-7)14(16)10-6-4-3-5-9(10)13(11)15/h3-6H,1-2H3. The molecule has 0 bridgehead atoms. The molecule has 17 heavy (non-hydrogen) atoms. The van der Waals surface area contributed by atoms with Crippen molar-refractivity contribution in [3.05, 3.63) is 58.0 Å². The minimum atomic E-state index is -0.121. The molecule has 3 heteroatoms. The van der Waals surface area contributed by atoms with Crippen LogP contribution in [0.1, 0.15) is 43.4 Å². The Balaban J connectivity index is 2.39. The fraction of sp³-hybridized carbons (Fsp3) is 0.143. The van der Waals surface area contributed by atoms with Crippen molar-refractivity contribution >= 4 is 11.6 Å². The molecule has 3 rings (SSSR count). The fourth-order valence-corrected chi connectivity index (χ4v) is 2.38. The van der Waals surface area contributed by atoms with Gasteiger partial charge in [-0.05, 0) is 13.8 Å². The maximum atomic E-state index is 12.3. The van der Waals surface area contributed by atoms with Gasteiger partial charge in [-0.2, -0.15) is 0 Å². The zero-order chi connectivity index (χ0) is 12.2. The van der Waals surface area contributed by atoms with Crippen LogP contribution in [0.25, 0.3) is 0 Å². The molecular weight excluding hydrogens is 216 g/mol. The normalized spacial score (nSPS) is 13.5. The highest BCUT2D eigenvalue weighted by atomic mass is 16.3. The first-order valence-electron chi connectivity index (χ1n) is 5.39. The molecule has 1 aliphatic rings. The maximum absolute atomic E-state index is 12.3. The highest BCUT2D eigenvalue weighted by Crippen LogP contribution is 2.32. The summed E-state index contributed by atoms with van der Waals surface area (Å²) < 4.78 is 5.40. The van der Waals surface area contributed by atoms with Gasteiger partial charge in [-0.1, -0.05) is 24.3 Å². The molecule has 0 radical (unpaired) electrons. The molecule has 0 aliphatic heterocycles. The van der Waals surface area contributed by atoms with Gasteiger partial charge in [0.1, 0.15) is 11.5 Å². The van der Waals surface area contributed by atoms with Crippen LogP contribution in [0.2, 0.25) is 0 Å².